The number of nitrogens with one attached hydrogen (secondary N) is 2. The van der Waals surface area contributed by atoms with Crippen molar-refractivity contribution in [2.24, 2.45) is 28.9 Å². The summed E-state index contributed by atoms with van der Waals surface area (Å²) in [5.41, 5.74) is 8.08. The molecule has 13 heteroatoms. The van der Waals surface area contributed by atoms with Crippen molar-refractivity contribution < 1.29 is 18.7 Å². The van der Waals surface area contributed by atoms with Crippen LogP contribution in [0.2, 0.25) is 0 Å². The molecule has 0 spiro atoms. The molecule has 2 aromatic carbocycles. The van der Waals surface area contributed by atoms with E-state index in [9.17, 15) is 18.8 Å². The summed E-state index contributed by atoms with van der Waals surface area (Å²) in [6, 6.07) is 11.3. The summed E-state index contributed by atoms with van der Waals surface area (Å²) >= 11 is 0. The molecule has 3 heterocycles. The predicted molar refractivity (Wildman–Crippen MR) is 198 cm³/mol. The maximum Gasteiger partial charge on any atom is 0.257 e. The lowest BCUT2D eigenvalue weighted by atomic mass is 9.49. The topological polar surface area (TPSA) is 148 Å². The summed E-state index contributed by atoms with van der Waals surface area (Å²) in [5.74, 6) is 2.44. The first-order valence-electron chi connectivity index (χ1n) is 18.3. The fraction of sp³-hybridized carbons (Fsp3) is 0.462. The van der Waals surface area contributed by atoms with E-state index in [4.69, 9.17) is 15.5 Å². The summed E-state index contributed by atoms with van der Waals surface area (Å²) < 4.78 is 21.7. The van der Waals surface area contributed by atoms with Crippen molar-refractivity contribution in [1.82, 2.24) is 19.4 Å². The Kier molecular flexibility index (Phi) is 8.84. The van der Waals surface area contributed by atoms with E-state index in [2.05, 4.69) is 25.4 Å². The first-order chi connectivity index (χ1) is 25.1. The first kappa shape index (κ1) is 34.1. The molecule has 9 rings (SSSR count). The van der Waals surface area contributed by atoms with Crippen molar-refractivity contribution in [3.8, 4) is 11.4 Å². The number of nitrogens with two attached hydrogens (primary N) is 1. The Hall–Kier alpha value is -5.04. The lowest BCUT2D eigenvalue weighted by molar-refractivity contribution is -0.139. The summed E-state index contributed by atoms with van der Waals surface area (Å²) in [5, 5.41) is 6.29. The maximum atomic E-state index is 14.6. The van der Waals surface area contributed by atoms with E-state index >= 15 is 0 Å². The zero-order chi connectivity index (χ0) is 36.1. The van der Waals surface area contributed by atoms with Gasteiger partial charge >= 0.3 is 0 Å². The fourth-order valence-corrected chi connectivity index (χ4v) is 9.77. The van der Waals surface area contributed by atoms with Crippen LogP contribution in [-0.4, -0.2) is 71.1 Å². The minimum absolute atomic E-state index is 0.101. The van der Waals surface area contributed by atoms with Crippen LogP contribution in [0, 0.1) is 35.9 Å². The van der Waals surface area contributed by atoms with Gasteiger partial charge in [-0.3, -0.25) is 19.0 Å². The number of piperazine rings is 1. The van der Waals surface area contributed by atoms with Gasteiger partial charge in [0, 0.05) is 62.0 Å². The van der Waals surface area contributed by atoms with Crippen molar-refractivity contribution in [2.45, 2.75) is 51.9 Å². The number of ether oxygens (including phenoxy) is 1. The SMILES string of the molecule is COc1cc(N2CCN(C(=O)CC34CC5CC(CC(C5)C3)C4)CC2)ccc1Nc1ncc2c(C)cc(=O)n(-c3ccc(F)c(NC(=O)CN)c3)c2n1. The van der Waals surface area contributed by atoms with Crippen LogP contribution in [0.25, 0.3) is 16.7 Å². The number of amides is 2. The number of hydrogen-bond acceptors (Lipinski definition) is 9. The number of benzene rings is 2. The molecular formula is C39H45FN8O4. The molecule has 0 radical (unpaired) electrons. The standard InChI is InChI=1S/C39H45FN8O4/c1-23-11-35(50)48(28-3-5-30(40)32(15-28)43-34(49)21-41)37-29(23)22-42-38(45-37)44-31-6-4-27(16-33(31)52-2)46-7-9-47(10-8-46)36(51)20-39-17-24-12-25(18-39)14-26(13-24)19-39/h3-6,11,15-16,22,24-26H,7-10,12-14,17-21,41H2,1-2H3,(H,43,49)(H,42,44,45). The highest BCUT2D eigenvalue weighted by atomic mass is 19.1. The van der Waals surface area contributed by atoms with E-state index in [0.717, 1.165) is 43.0 Å². The van der Waals surface area contributed by atoms with Crippen LogP contribution < -0.4 is 31.6 Å². The average molecular weight is 709 g/mol. The molecular weight excluding hydrogens is 663 g/mol. The van der Waals surface area contributed by atoms with E-state index in [1.165, 1.54) is 67.4 Å². The van der Waals surface area contributed by atoms with Crippen molar-refractivity contribution in [3.63, 3.8) is 0 Å². The Morgan fingerprint density at radius 1 is 0.962 bits per heavy atom. The predicted octanol–water partition coefficient (Wildman–Crippen LogP) is 5.13. The smallest absolute Gasteiger partial charge is 0.257 e. The molecule has 52 heavy (non-hydrogen) atoms. The lowest BCUT2D eigenvalue weighted by Crippen LogP contribution is -2.52. The number of carbonyl (C=O) groups is 2. The molecule has 4 saturated carbocycles. The minimum Gasteiger partial charge on any atom is -0.494 e. The largest absolute Gasteiger partial charge is 0.494 e. The van der Waals surface area contributed by atoms with Crippen LogP contribution in [0.1, 0.15) is 50.5 Å². The third kappa shape index (κ3) is 6.46. The van der Waals surface area contributed by atoms with Crippen LogP contribution in [0.3, 0.4) is 0 Å². The molecule has 12 nitrogen and oxygen atoms in total. The number of aryl methyl sites for hydroxylation is 1. The molecule has 2 amide bonds. The van der Waals surface area contributed by atoms with Gasteiger partial charge in [-0.05, 0) is 105 Å². The zero-order valence-electron chi connectivity index (χ0n) is 29.7. The highest BCUT2D eigenvalue weighted by molar-refractivity contribution is 5.92. The molecule has 4 aliphatic carbocycles. The van der Waals surface area contributed by atoms with Crippen LogP contribution in [-0.2, 0) is 9.59 Å². The Bertz CT molecular complexity index is 2070. The van der Waals surface area contributed by atoms with Gasteiger partial charge in [-0.2, -0.15) is 4.98 Å². The van der Waals surface area contributed by atoms with Gasteiger partial charge in [-0.1, -0.05) is 0 Å². The van der Waals surface area contributed by atoms with Crippen molar-refractivity contribution >= 4 is 45.9 Å². The number of hydrogen-bond donors (Lipinski definition) is 3. The summed E-state index contributed by atoms with van der Waals surface area (Å²) in [6.07, 6.45) is 10.3. The first-order valence-corrected chi connectivity index (χ1v) is 18.3. The molecule has 1 saturated heterocycles. The zero-order valence-corrected chi connectivity index (χ0v) is 29.7. The van der Waals surface area contributed by atoms with Crippen molar-refractivity contribution in [3.05, 3.63) is 70.4 Å². The van der Waals surface area contributed by atoms with Gasteiger partial charge in [-0.15, -0.1) is 0 Å². The quantitative estimate of drug-likeness (QED) is 0.215. The number of nitrogens with zero attached hydrogens (tertiary/aromatic N) is 5. The number of fused-ring (bicyclic) bond motifs is 1. The lowest BCUT2D eigenvalue weighted by Gasteiger charge is -2.57. The highest BCUT2D eigenvalue weighted by Crippen LogP contribution is 2.61. The molecule has 272 valence electrons. The van der Waals surface area contributed by atoms with Gasteiger partial charge in [0.1, 0.15) is 11.6 Å². The third-order valence-electron chi connectivity index (χ3n) is 11.8. The molecule has 4 aromatic rings. The van der Waals surface area contributed by atoms with Gasteiger partial charge in [0.2, 0.25) is 17.8 Å². The molecule has 2 aromatic heterocycles. The molecule has 4 N–H and O–H groups in total. The Labute approximate surface area is 301 Å². The summed E-state index contributed by atoms with van der Waals surface area (Å²) in [4.78, 5) is 52.4. The van der Waals surface area contributed by atoms with E-state index in [1.807, 2.05) is 18.2 Å². The van der Waals surface area contributed by atoms with E-state index in [-0.39, 0.29) is 29.2 Å². The molecule has 0 unspecified atom stereocenters. The van der Waals surface area contributed by atoms with Gasteiger partial charge in [-0.25, -0.2) is 9.37 Å². The van der Waals surface area contributed by atoms with Gasteiger partial charge in [0.05, 0.1) is 30.7 Å². The Morgan fingerprint density at radius 2 is 1.65 bits per heavy atom. The second-order valence-corrected chi connectivity index (χ2v) is 15.3. The number of methoxy groups -OCH3 is 1. The molecule has 4 bridgehead atoms. The van der Waals surface area contributed by atoms with Crippen molar-refractivity contribution in [2.75, 3.05) is 55.4 Å². The van der Waals surface area contributed by atoms with E-state index < -0.39 is 11.7 Å². The average Bonchev–Trinajstić information content (AvgIpc) is 3.12. The monoisotopic (exact) mass is 708 g/mol. The second-order valence-electron chi connectivity index (χ2n) is 15.3. The summed E-state index contributed by atoms with van der Waals surface area (Å²) in [6.45, 7) is 4.37. The number of anilines is 4. The van der Waals surface area contributed by atoms with Gasteiger partial charge < -0.3 is 30.9 Å². The van der Waals surface area contributed by atoms with E-state index in [1.54, 1.807) is 20.2 Å². The Morgan fingerprint density at radius 3 is 2.33 bits per heavy atom. The highest BCUT2D eigenvalue weighted by Gasteiger charge is 2.51. The van der Waals surface area contributed by atoms with Gasteiger partial charge in [0.15, 0.2) is 5.65 Å². The minimum atomic E-state index is -0.662. The van der Waals surface area contributed by atoms with Crippen LogP contribution in [0.15, 0.2) is 53.5 Å². The fourth-order valence-electron chi connectivity index (χ4n) is 9.77. The maximum absolute atomic E-state index is 14.6. The van der Waals surface area contributed by atoms with Crippen LogP contribution in [0.4, 0.5) is 27.4 Å². The molecule has 5 fully saturated rings. The third-order valence-corrected chi connectivity index (χ3v) is 11.8. The van der Waals surface area contributed by atoms with Crippen molar-refractivity contribution in [1.29, 1.82) is 0 Å². The molecule has 1 aliphatic heterocycles. The number of rotatable bonds is 9. The Balaban J connectivity index is 0.979. The normalized spacial score (nSPS) is 23.6. The van der Waals surface area contributed by atoms with Crippen LogP contribution >= 0.6 is 0 Å². The van der Waals surface area contributed by atoms with Crippen LogP contribution in [0.5, 0.6) is 5.75 Å². The van der Waals surface area contributed by atoms with Gasteiger partial charge in [0.25, 0.3) is 5.56 Å². The molecule has 0 atom stereocenters. The summed E-state index contributed by atoms with van der Waals surface area (Å²) in [7, 11) is 1.60. The number of halogens is 1. The molecule has 5 aliphatic rings. The number of pyridine rings is 1. The number of aromatic nitrogens is 3. The van der Waals surface area contributed by atoms with E-state index in [0.29, 0.717) is 52.7 Å². The number of carbonyl (C=O) groups excluding carboxylic acids is 2. The second kappa shape index (κ2) is 13.5.